The van der Waals surface area contributed by atoms with Crippen LogP contribution in [0.5, 0.6) is 28.7 Å². The molecule has 0 atom stereocenters. The lowest BCUT2D eigenvalue weighted by atomic mass is 10.1. The van der Waals surface area contributed by atoms with Crippen LogP contribution in [0.25, 0.3) is 10.8 Å². The van der Waals surface area contributed by atoms with Gasteiger partial charge in [-0.05, 0) is 30.5 Å². The first kappa shape index (κ1) is 20.5. The fraction of sp³-hybridized carbons (Fsp3) is 0.150. The number of aromatic hydroxyl groups is 3. The molecule has 1 aromatic heterocycles. The Morgan fingerprint density at radius 2 is 1.67 bits per heavy atom. The number of fused-ring (bicyclic) bond motifs is 1. The van der Waals surface area contributed by atoms with Gasteiger partial charge in [0.05, 0.1) is 14.2 Å². The van der Waals surface area contributed by atoms with Crippen LogP contribution in [0.1, 0.15) is 26.5 Å². The molecule has 0 bridgehead atoms. The summed E-state index contributed by atoms with van der Waals surface area (Å²) >= 11 is 0. The van der Waals surface area contributed by atoms with E-state index in [0.717, 1.165) is 25.3 Å². The van der Waals surface area contributed by atoms with Crippen molar-refractivity contribution >= 4 is 22.7 Å². The average molecular weight is 416 g/mol. The zero-order chi connectivity index (χ0) is 22.2. The van der Waals surface area contributed by atoms with E-state index >= 15 is 0 Å². The lowest BCUT2D eigenvalue weighted by molar-refractivity contribution is 0.0592. The first-order chi connectivity index (χ1) is 14.2. The third-order valence-electron chi connectivity index (χ3n) is 4.22. The van der Waals surface area contributed by atoms with Gasteiger partial charge in [0.25, 0.3) is 0 Å². The Bertz CT molecular complexity index is 1240. The lowest BCUT2D eigenvalue weighted by Crippen LogP contribution is -2.12. The molecular weight excluding hydrogens is 400 g/mol. The summed E-state index contributed by atoms with van der Waals surface area (Å²) in [5.74, 6) is -4.72. The van der Waals surface area contributed by atoms with E-state index in [9.17, 15) is 29.7 Å². The van der Waals surface area contributed by atoms with Crippen LogP contribution in [0.15, 0.2) is 33.5 Å². The number of phenols is 3. The first-order valence-corrected chi connectivity index (χ1v) is 8.38. The normalized spacial score (nSPS) is 10.6. The number of aryl methyl sites for hydroxylation is 1. The second-order valence-electron chi connectivity index (χ2n) is 6.13. The van der Waals surface area contributed by atoms with Gasteiger partial charge < -0.3 is 33.9 Å². The molecule has 0 saturated carbocycles. The van der Waals surface area contributed by atoms with E-state index in [2.05, 4.69) is 4.74 Å². The Balaban J connectivity index is 2.12. The predicted octanol–water partition coefficient (Wildman–Crippen LogP) is 2.23. The van der Waals surface area contributed by atoms with Gasteiger partial charge in [0.1, 0.15) is 39.5 Å². The van der Waals surface area contributed by atoms with Crippen molar-refractivity contribution in [3.63, 3.8) is 0 Å². The maximum absolute atomic E-state index is 12.6. The number of phenolic OH excluding ortho intramolecular Hbond substituents is 3. The molecule has 3 rings (SSSR count). The van der Waals surface area contributed by atoms with Crippen molar-refractivity contribution in [1.82, 2.24) is 0 Å². The Morgan fingerprint density at radius 3 is 2.30 bits per heavy atom. The second kappa shape index (κ2) is 7.66. The molecule has 3 aromatic rings. The van der Waals surface area contributed by atoms with E-state index < -0.39 is 46.1 Å². The topological polar surface area (TPSA) is 153 Å². The van der Waals surface area contributed by atoms with E-state index in [0.29, 0.717) is 0 Å². The van der Waals surface area contributed by atoms with Gasteiger partial charge in [-0.1, -0.05) is 0 Å². The summed E-state index contributed by atoms with van der Waals surface area (Å²) in [6, 6.07) is 4.74. The maximum Gasteiger partial charge on any atom is 0.351 e. The number of carbonyl (C=O) groups is 2. The molecule has 0 unspecified atom stereocenters. The van der Waals surface area contributed by atoms with Crippen molar-refractivity contribution in [2.75, 3.05) is 14.2 Å². The van der Waals surface area contributed by atoms with Crippen LogP contribution in [0.3, 0.4) is 0 Å². The number of carbonyl (C=O) groups excluding carboxylic acids is 2. The predicted molar refractivity (Wildman–Crippen MR) is 102 cm³/mol. The number of ether oxygens (including phenoxy) is 3. The van der Waals surface area contributed by atoms with Crippen LogP contribution < -0.4 is 15.1 Å². The molecule has 0 radical (unpaired) electrons. The van der Waals surface area contributed by atoms with E-state index in [4.69, 9.17) is 13.9 Å². The van der Waals surface area contributed by atoms with Crippen molar-refractivity contribution in [3.05, 3.63) is 51.6 Å². The standard InChI is InChI=1S/C20H16O10/c1-8-4-9-5-12(21)15(17(23)14(9)19(25)29-8)20(26)30-13-7-10(27-2)6-11(16(13)22)18(24)28-3/h4-7,21-23H,1-3H3. The van der Waals surface area contributed by atoms with Crippen molar-refractivity contribution in [1.29, 1.82) is 0 Å². The molecule has 0 aliphatic heterocycles. The van der Waals surface area contributed by atoms with Gasteiger partial charge in [0.15, 0.2) is 11.5 Å². The highest BCUT2D eigenvalue weighted by atomic mass is 16.5. The highest BCUT2D eigenvalue weighted by molar-refractivity contribution is 6.04. The SMILES string of the molecule is COC(=O)c1cc(OC)cc(OC(=O)c2c(O)cc3cc(C)oc(=O)c3c2O)c1O. The lowest BCUT2D eigenvalue weighted by Gasteiger charge is -2.13. The third kappa shape index (κ3) is 3.46. The minimum absolute atomic E-state index is 0.0547. The van der Waals surface area contributed by atoms with Crippen LogP contribution in [-0.4, -0.2) is 41.5 Å². The van der Waals surface area contributed by atoms with Gasteiger partial charge in [0.2, 0.25) is 0 Å². The minimum atomic E-state index is -1.31. The number of hydrogen-bond donors (Lipinski definition) is 3. The molecule has 30 heavy (non-hydrogen) atoms. The number of benzene rings is 2. The van der Waals surface area contributed by atoms with Gasteiger partial charge in [-0.15, -0.1) is 0 Å². The highest BCUT2D eigenvalue weighted by Gasteiger charge is 2.26. The fourth-order valence-corrected chi connectivity index (χ4v) is 2.84. The van der Waals surface area contributed by atoms with E-state index in [-0.39, 0.29) is 27.8 Å². The Morgan fingerprint density at radius 1 is 0.967 bits per heavy atom. The highest BCUT2D eigenvalue weighted by Crippen LogP contribution is 2.38. The summed E-state index contributed by atoms with van der Waals surface area (Å²) < 4.78 is 19.5. The Kier molecular flexibility index (Phi) is 5.24. The maximum atomic E-state index is 12.6. The summed E-state index contributed by atoms with van der Waals surface area (Å²) in [7, 11) is 2.37. The smallest absolute Gasteiger partial charge is 0.351 e. The number of hydrogen-bond acceptors (Lipinski definition) is 10. The average Bonchev–Trinajstić information content (AvgIpc) is 2.67. The molecule has 10 nitrogen and oxygen atoms in total. The van der Waals surface area contributed by atoms with E-state index in [1.165, 1.54) is 20.1 Å². The molecule has 0 aliphatic carbocycles. The molecule has 0 aliphatic rings. The molecule has 10 heteroatoms. The summed E-state index contributed by atoms with van der Waals surface area (Å²) in [4.78, 5) is 36.6. The largest absolute Gasteiger partial charge is 0.507 e. The van der Waals surface area contributed by atoms with Crippen molar-refractivity contribution in [2.45, 2.75) is 6.92 Å². The van der Waals surface area contributed by atoms with Gasteiger partial charge in [0, 0.05) is 6.07 Å². The van der Waals surface area contributed by atoms with Crippen molar-refractivity contribution < 1.29 is 43.5 Å². The summed E-state index contributed by atoms with van der Waals surface area (Å²) in [5.41, 5.74) is -2.00. The molecule has 2 aromatic carbocycles. The molecule has 3 N–H and O–H groups in total. The monoisotopic (exact) mass is 416 g/mol. The van der Waals surface area contributed by atoms with Crippen LogP contribution in [0.4, 0.5) is 0 Å². The second-order valence-corrected chi connectivity index (χ2v) is 6.13. The zero-order valence-electron chi connectivity index (χ0n) is 16.0. The first-order valence-electron chi connectivity index (χ1n) is 8.38. The number of rotatable bonds is 4. The Hall–Kier alpha value is -4.21. The third-order valence-corrected chi connectivity index (χ3v) is 4.22. The molecule has 0 spiro atoms. The molecule has 0 amide bonds. The molecule has 0 saturated heterocycles. The van der Waals surface area contributed by atoms with Gasteiger partial charge in [-0.2, -0.15) is 0 Å². The van der Waals surface area contributed by atoms with Gasteiger partial charge in [-0.25, -0.2) is 14.4 Å². The van der Waals surface area contributed by atoms with Gasteiger partial charge >= 0.3 is 17.6 Å². The fourth-order valence-electron chi connectivity index (χ4n) is 2.84. The van der Waals surface area contributed by atoms with Gasteiger partial charge in [-0.3, -0.25) is 0 Å². The molecule has 0 fully saturated rings. The van der Waals surface area contributed by atoms with Crippen LogP contribution in [-0.2, 0) is 4.74 Å². The van der Waals surface area contributed by atoms with Crippen LogP contribution >= 0.6 is 0 Å². The zero-order valence-corrected chi connectivity index (χ0v) is 16.0. The quantitative estimate of drug-likeness (QED) is 0.426. The minimum Gasteiger partial charge on any atom is -0.507 e. The van der Waals surface area contributed by atoms with Crippen molar-refractivity contribution in [2.24, 2.45) is 0 Å². The summed E-state index contributed by atoms with van der Waals surface area (Å²) in [5, 5.41) is 30.7. The Labute approximate surface area is 168 Å². The summed E-state index contributed by atoms with van der Waals surface area (Å²) in [6.07, 6.45) is 0. The molecular formula is C20H16O10. The summed E-state index contributed by atoms with van der Waals surface area (Å²) in [6.45, 7) is 1.50. The van der Waals surface area contributed by atoms with E-state index in [1.807, 2.05) is 0 Å². The van der Waals surface area contributed by atoms with Crippen LogP contribution in [0, 0.1) is 6.92 Å². The van der Waals surface area contributed by atoms with Crippen LogP contribution in [0.2, 0.25) is 0 Å². The van der Waals surface area contributed by atoms with E-state index in [1.54, 1.807) is 0 Å². The molecule has 156 valence electrons. The number of methoxy groups -OCH3 is 2. The molecule has 1 heterocycles. The van der Waals surface area contributed by atoms with Crippen molar-refractivity contribution in [3.8, 4) is 28.7 Å². The number of esters is 2.